The van der Waals surface area contributed by atoms with Crippen LogP contribution in [0.2, 0.25) is 10.0 Å². The van der Waals surface area contributed by atoms with E-state index in [4.69, 9.17) is 66.8 Å². The number of oxazole rings is 1. The number of nitrogens with one attached hydrogen (secondary N) is 7. The normalized spacial score (nSPS) is 25.6. The Labute approximate surface area is 752 Å². The number of benzene rings is 7. The molecule has 11 bridgehead atoms. The summed E-state index contributed by atoms with van der Waals surface area (Å²) in [6, 6.07) is 19.3. The number of phenolic OH excluding ortho intramolecular Hbond substituents is 3. The number of thioether (sulfide) groups is 1. The number of primary amides is 1. The van der Waals surface area contributed by atoms with Crippen molar-refractivity contribution in [2.24, 2.45) is 17.6 Å². The van der Waals surface area contributed by atoms with Gasteiger partial charge in [0.1, 0.15) is 89.1 Å². The summed E-state index contributed by atoms with van der Waals surface area (Å²) >= 11 is 15.6. The van der Waals surface area contributed by atoms with E-state index < -0.39 is 225 Å². The number of amides is 7. The molecule has 1 aromatic heterocycles. The molecule has 8 heterocycles. The molecule has 8 aromatic rings. The van der Waals surface area contributed by atoms with Crippen LogP contribution in [0.5, 0.6) is 46.0 Å². The Morgan fingerprint density at radius 1 is 0.656 bits per heavy atom. The number of nitrogens with zero attached hydrogens (tertiary/aromatic N) is 1. The van der Waals surface area contributed by atoms with Gasteiger partial charge in [0.25, 0.3) is 5.22 Å². The molecule has 684 valence electrons. The van der Waals surface area contributed by atoms with Crippen molar-refractivity contribution in [1.29, 1.82) is 0 Å². The molecule has 10 unspecified atom stereocenters. The summed E-state index contributed by atoms with van der Waals surface area (Å²) < 4.78 is 47.7. The Morgan fingerprint density at radius 3 is 1.88 bits per heavy atom. The standard InChI is InChI=1S/C91H103Cl2N9O24S.CH4/c1-7-8-9-10-11-12-13-20-31-95-91(6)41-66(120-45(5)81(91)111)124-80-77(110)76(109)64(42-127-90-102-68(46-21-16-14-17-22-46)78(126-90)47-23-18-15-19-24-47)123-89(80)125-79-62-36-51-37-63(79)122-61-30-27-50(35-56(61)93)75(108)73-87(117)99-71(88(118)119)54-38-52(103)39-59(105)67(54)53-33-48(25-28-58(53)104)69(84(114)101-73)98-85(115)70(51)97-83(113)57(40-65(94)106)96-86(116)72(100-82(112)44(4)32-43(2)3)74(107)49-26-29-60(121-62)55(92)34-49;/h14-19,21-30,33-39,43-45,57,64,66,69-77,80-81,89,95,103-105,107-111H,7-13,20,31-32,40-42H2,1-6H3,(H2,94,106)(H,96,116)(H,97,113)(H,98,115)(H,99,117)(H,100,112)(H,101,114)(H,118,119);1H4/t44-,45?,57-,64?,66?,69?,70+,71+,72+,73-,74+,75+,76?,77?,80?,81?,89?,91?;/m0./s1. The van der Waals surface area contributed by atoms with E-state index in [0.717, 1.165) is 112 Å². The fourth-order valence-electron chi connectivity index (χ4n) is 16.4. The van der Waals surface area contributed by atoms with Gasteiger partial charge in [-0.1, -0.05) is 194 Å². The molecular formula is C92H107Cl2N9O24S. The molecule has 36 heteroatoms. The van der Waals surface area contributed by atoms with Crippen LogP contribution >= 0.6 is 35.0 Å². The SMILES string of the molecule is C.CCCCCCCCCCNC1(C)CC(OC2C(Oc3c4cc5cc3Oc3ccc(cc3Cl)[C@@H](O)[C@@H](NC(=O)[C@@H](C)CC(C)C)C(=O)N[C@@H](CC(N)=O)C(=O)N[C@H]5C(=O)NC3C(=O)N[C@H](C(=O)N[C@@H](C(=O)O)c5cc(O)cc(O)c5-c5cc3ccc5O)[C@H](O)c3ccc(c(Cl)c3)O4)OC(CSc3nc(-c4ccccc4)c(-c4ccccc4)o3)C(O)C2O)OC(C)C1O. The lowest BCUT2D eigenvalue weighted by molar-refractivity contribution is -0.330. The lowest BCUT2D eigenvalue weighted by Gasteiger charge is -2.48. The highest BCUT2D eigenvalue weighted by molar-refractivity contribution is 7.99. The average Bonchev–Trinajstić information content (AvgIpc) is 1.23. The Morgan fingerprint density at radius 2 is 1.26 bits per heavy atom. The fraction of sp³-hybridized carbons (Fsp3) is 0.424. The second kappa shape index (κ2) is 42.0. The number of fused-ring (bicyclic) bond motifs is 15. The van der Waals surface area contributed by atoms with Gasteiger partial charge < -0.3 is 122 Å². The van der Waals surface area contributed by atoms with Crippen molar-refractivity contribution < 1.29 is 117 Å². The zero-order valence-electron chi connectivity index (χ0n) is 70.2. The van der Waals surface area contributed by atoms with E-state index in [1.807, 2.05) is 74.5 Å². The molecule has 15 rings (SSSR count). The van der Waals surface area contributed by atoms with Crippen LogP contribution in [0.3, 0.4) is 0 Å². The molecule has 7 amide bonds. The smallest absolute Gasteiger partial charge is 0.330 e. The van der Waals surface area contributed by atoms with E-state index in [1.54, 1.807) is 20.8 Å². The summed E-state index contributed by atoms with van der Waals surface area (Å²) in [5.74, 6) is -16.2. The third-order valence-electron chi connectivity index (χ3n) is 23.1. The van der Waals surface area contributed by atoms with E-state index in [-0.39, 0.29) is 64.0 Å². The number of aromatic nitrogens is 1. The number of carbonyl (C=O) groups is 8. The molecule has 2 saturated heterocycles. The number of aromatic hydroxyl groups is 3. The third kappa shape index (κ3) is 22.1. The van der Waals surface area contributed by atoms with Crippen LogP contribution in [-0.2, 0) is 52.6 Å². The van der Waals surface area contributed by atoms with Gasteiger partial charge in [0.15, 0.2) is 35.7 Å². The average molecular weight is 1830 g/mol. The van der Waals surface area contributed by atoms with Gasteiger partial charge in [-0.05, 0) is 116 Å². The highest BCUT2D eigenvalue weighted by Gasteiger charge is 2.53. The van der Waals surface area contributed by atoms with Crippen LogP contribution in [0, 0.1) is 11.8 Å². The quantitative estimate of drug-likeness (QED) is 0.0177. The predicted octanol–water partition coefficient (Wildman–Crippen LogP) is 10.7. The molecule has 7 aliphatic heterocycles. The second-order valence-electron chi connectivity index (χ2n) is 33.1. The summed E-state index contributed by atoms with van der Waals surface area (Å²) in [6.45, 7) is 11.4. The number of aliphatic hydroxyl groups excluding tert-OH is 5. The number of hydrogen-bond donors (Lipinski definition) is 17. The number of unbranched alkanes of at least 4 members (excludes halogenated alkanes) is 7. The van der Waals surface area contributed by atoms with Crippen molar-refractivity contribution in [3.05, 3.63) is 177 Å². The summed E-state index contributed by atoms with van der Waals surface area (Å²) in [5, 5.41) is 126. The number of rotatable bonds is 26. The molecule has 128 heavy (non-hydrogen) atoms. The highest BCUT2D eigenvalue weighted by atomic mass is 35.5. The number of aliphatic hydroxyl groups is 5. The molecule has 18 N–H and O–H groups in total. The van der Waals surface area contributed by atoms with Gasteiger partial charge in [0, 0.05) is 57.5 Å². The van der Waals surface area contributed by atoms with Gasteiger partial charge in [0.2, 0.25) is 53.4 Å². The monoisotopic (exact) mass is 1820 g/mol. The van der Waals surface area contributed by atoms with Gasteiger partial charge in [-0.15, -0.1) is 0 Å². The van der Waals surface area contributed by atoms with E-state index in [1.165, 1.54) is 30.3 Å². The minimum Gasteiger partial charge on any atom is -0.508 e. The van der Waals surface area contributed by atoms with Crippen molar-refractivity contribution in [1.82, 2.24) is 42.2 Å². The number of ether oxygens (including phenoxy) is 6. The lowest BCUT2D eigenvalue weighted by atomic mass is 9.85. The molecule has 0 radical (unpaired) electrons. The predicted molar refractivity (Wildman–Crippen MR) is 470 cm³/mol. The van der Waals surface area contributed by atoms with Crippen LogP contribution in [0.25, 0.3) is 33.7 Å². The number of aliphatic carboxylic acids is 1. The van der Waals surface area contributed by atoms with Crippen molar-refractivity contribution in [2.75, 3.05) is 12.3 Å². The van der Waals surface area contributed by atoms with Crippen LogP contribution in [0.1, 0.15) is 178 Å². The largest absolute Gasteiger partial charge is 0.508 e. The minimum atomic E-state index is -2.35. The topological polar surface area (TPSA) is 510 Å². The van der Waals surface area contributed by atoms with Gasteiger partial charge >= 0.3 is 5.97 Å². The molecule has 7 aliphatic rings. The molecule has 2 fully saturated rings. The first-order chi connectivity index (χ1) is 60.6. The van der Waals surface area contributed by atoms with Crippen molar-refractivity contribution in [2.45, 2.75) is 228 Å². The first-order valence-electron chi connectivity index (χ1n) is 42.0. The molecular weight excluding hydrogens is 1720 g/mol. The van der Waals surface area contributed by atoms with E-state index in [2.05, 4.69) is 44.1 Å². The Hall–Kier alpha value is -11.1. The fourth-order valence-corrected chi connectivity index (χ4v) is 17.7. The summed E-state index contributed by atoms with van der Waals surface area (Å²) in [6.07, 6.45) is -9.50. The number of phenols is 3. The molecule has 0 saturated carbocycles. The summed E-state index contributed by atoms with van der Waals surface area (Å²) in [4.78, 5) is 124. The molecule has 7 aromatic carbocycles. The van der Waals surface area contributed by atoms with Crippen molar-refractivity contribution in [3.63, 3.8) is 0 Å². The van der Waals surface area contributed by atoms with Crippen LogP contribution < -0.4 is 57.2 Å². The maximum Gasteiger partial charge on any atom is 0.330 e. The summed E-state index contributed by atoms with van der Waals surface area (Å²) in [5.41, 5.74) is 3.85. The van der Waals surface area contributed by atoms with E-state index >= 15 is 24.0 Å². The number of carbonyl (C=O) groups excluding carboxylic acids is 7. The van der Waals surface area contributed by atoms with Crippen molar-refractivity contribution in [3.8, 4) is 79.7 Å². The summed E-state index contributed by atoms with van der Waals surface area (Å²) in [7, 11) is 0. The third-order valence-corrected chi connectivity index (χ3v) is 24.6. The van der Waals surface area contributed by atoms with Gasteiger partial charge in [-0.2, -0.15) is 0 Å². The number of halogens is 2. The Balaban J connectivity index is 0.0000149. The van der Waals surface area contributed by atoms with Gasteiger partial charge in [0.05, 0.1) is 34.8 Å². The number of nitrogens with two attached hydrogens (primary N) is 1. The molecule has 0 aliphatic carbocycles. The number of carboxylic acid groups (broad SMARTS) is 1. The van der Waals surface area contributed by atoms with Gasteiger partial charge in [-0.3, -0.25) is 33.6 Å². The molecule has 33 nitrogen and oxygen atoms in total. The van der Waals surface area contributed by atoms with E-state index in [0.29, 0.717) is 35.5 Å². The second-order valence-corrected chi connectivity index (χ2v) is 34.9. The van der Waals surface area contributed by atoms with Gasteiger partial charge in [-0.25, -0.2) is 9.78 Å². The van der Waals surface area contributed by atoms with Crippen molar-refractivity contribution >= 4 is 82.3 Å². The minimum absolute atomic E-state index is 0. The molecule has 0 spiro atoms. The van der Waals surface area contributed by atoms with Crippen LogP contribution in [-0.4, -0.2) is 183 Å². The van der Waals surface area contributed by atoms with Crippen LogP contribution in [0.15, 0.2) is 149 Å². The zero-order valence-corrected chi connectivity index (χ0v) is 72.5. The van der Waals surface area contributed by atoms with Crippen LogP contribution in [0.4, 0.5) is 0 Å². The lowest BCUT2D eigenvalue weighted by Crippen LogP contribution is -2.65. The van der Waals surface area contributed by atoms with E-state index in [9.17, 15) is 60.3 Å². The highest BCUT2D eigenvalue weighted by Crippen LogP contribution is 2.51. The first-order valence-corrected chi connectivity index (χ1v) is 43.8. The first kappa shape index (κ1) is 96.0. The number of carboxylic acids is 1. The maximum absolute atomic E-state index is 16.4. The maximum atomic E-state index is 16.4. The zero-order chi connectivity index (χ0) is 91.0. The molecule has 18 atom stereocenters. The Kier molecular flexibility index (Phi) is 31.5. The Bertz CT molecular complexity index is 5310. The number of hydrogen-bond acceptors (Lipinski definition) is 26.